The Bertz CT molecular complexity index is 664. The molecule has 0 bridgehead atoms. The van der Waals surface area contributed by atoms with E-state index in [4.69, 9.17) is 18.9 Å². The molecule has 0 radical (unpaired) electrons. The molecule has 0 aliphatic heterocycles. The molecular weight excluding hydrogens is 368 g/mol. The van der Waals surface area contributed by atoms with Crippen LogP contribution in [-0.2, 0) is 14.3 Å². The highest BCUT2D eigenvalue weighted by molar-refractivity contribution is 5.97. The molecule has 2 N–H and O–H groups in total. The molecule has 156 valence electrons. The van der Waals surface area contributed by atoms with Crippen LogP contribution < -0.4 is 24.8 Å². The van der Waals surface area contributed by atoms with Gasteiger partial charge in [-0.05, 0) is 24.5 Å². The van der Waals surface area contributed by atoms with Crippen LogP contribution in [0.25, 0.3) is 0 Å². The van der Waals surface area contributed by atoms with Crippen molar-refractivity contribution in [2.45, 2.75) is 20.3 Å². The molecule has 0 aromatic heterocycles. The molecule has 9 heteroatoms. The number of hydrogen-bond donors (Lipinski definition) is 2. The summed E-state index contributed by atoms with van der Waals surface area (Å²) in [5, 5.41) is 5.08. The first kappa shape index (κ1) is 23.1. The quantitative estimate of drug-likeness (QED) is 0.540. The zero-order valence-corrected chi connectivity index (χ0v) is 16.9. The molecule has 0 saturated heterocycles. The van der Waals surface area contributed by atoms with E-state index in [9.17, 15) is 14.4 Å². The molecule has 0 unspecified atom stereocenters. The van der Waals surface area contributed by atoms with Crippen LogP contribution in [0, 0.1) is 5.92 Å². The first-order valence-electron chi connectivity index (χ1n) is 8.82. The Hall–Kier alpha value is -2.97. The Morgan fingerprint density at radius 2 is 1.57 bits per heavy atom. The molecule has 0 heterocycles. The summed E-state index contributed by atoms with van der Waals surface area (Å²) < 4.78 is 20.4. The topological polar surface area (TPSA) is 112 Å². The van der Waals surface area contributed by atoms with Crippen LogP contribution >= 0.6 is 0 Å². The van der Waals surface area contributed by atoms with Crippen LogP contribution in [0.2, 0.25) is 0 Å². The molecule has 0 fully saturated rings. The third-order valence-electron chi connectivity index (χ3n) is 3.73. The first-order valence-corrected chi connectivity index (χ1v) is 8.82. The highest BCUT2D eigenvalue weighted by atomic mass is 16.5. The zero-order chi connectivity index (χ0) is 21.1. The average Bonchev–Trinajstić information content (AvgIpc) is 2.68. The number of carbonyl (C=O) groups excluding carboxylic acids is 3. The fourth-order valence-corrected chi connectivity index (χ4v) is 2.22. The lowest BCUT2D eigenvalue weighted by Gasteiger charge is -2.14. The second-order valence-corrected chi connectivity index (χ2v) is 6.29. The summed E-state index contributed by atoms with van der Waals surface area (Å²) in [5.74, 6) is -0.194. The van der Waals surface area contributed by atoms with Crippen LogP contribution in [0.4, 0.5) is 0 Å². The number of nitrogens with one attached hydrogen (secondary N) is 2. The van der Waals surface area contributed by atoms with Crippen molar-refractivity contribution in [3.05, 3.63) is 17.7 Å². The molecule has 1 aromatic carbocycles. The Labute approximate surface area is 164 Å². The molecule has 2 amide bonds. The van der Waals surface area contributed by atoms with E-state index in [0.29, 0.717) is 29.7 Å². The van der Waals surface area contributed by atoms with Crippen LogP contribution in [0.3, 0.4) is 0 Å². The number of carbonyl (C=O) groups is 3. The standard InChI is InChI=1S/C19H28N2O7/c1-12(2)6-7-20-16(22)11-28-17(23)10-21-19(24)13-8-14(25-3)18(27-5)15(9-13)26-4/h8-9,12H,6-7,10-11H2,1-5H3,(H,20,22)(H,21,24). The number of esters is 1. The zero-order valence-electron chi connectivity index (χ0n) is 16.9. The van der Waals surface area contributed by atoms with E-state index < -0.39 is 18.5 Å². The molecule has 0 atom stereocenters. The summed E-state index contributed by atoms with van der Waals surface area (Å²) in [6.07, 6.45) is 0.838. The van der Waals surface area contributed by atoms with Gasteiger partial charge in [-0.1, -0.05) is 13.8 Å². The van der Waals surface area contributed by atoms with Gasteiger partial charge in [0, 0.05) is 12.1 Å². The third-order valence-corrected chi connectivity index (χ3v) is 3.73. The average molecular weight is 396 g/mol. The molecule has 1 rings (SSSR count). The fraction of sp³-hybridized carbons (Fsp3) is 0.526. The van der Waals surface area contributed by atoms with Crippen molar-refractivity contribution in [3.8, 4) is 17.2 Å². The maximum atomic E-state index is 12.3. The fourth-order valence-electron chi connectivity index (χ4n) is 2.22. The highest BCUT2D eigenvalue weighted by Gasteiger charge is 2.18. The SMILES string of the molecule is COc1cc(C(=O)NCC(=O)OCC(=O)NCCC(C)C)cc(OC)c1OC. The van der Waals surface area contributed by atoms with Gasteiger partial charge in [0.25, 0.3) is 11.8 Å². The number of rotatable bonds is 11. The number of benzene rings is 1. The number of ether oxygens (including phenoxy) is 4. The second kappa shape index (κ2) is 11.7. The lowest BCUT2D eigenvalue weighted by atomic mass is 10.1. The van der Waals surface area contributed by atoms with Gasteiger partial charge in [-0.15, -0.1) is 0 Å². The summed E-state index contributed by atoms with van der Waals surface area (Å²) in [5.41, 5.74) is 0.216. The minimum atomic E-state index is -0.722. The van der Waals surface area contributed by atoms with E-state index in [1.807, 2.05) is 13.8 Å². The van der Waals surface area contributed by atoms with Crippen molar-refractivity contribution < 1.29 is 33.3 Å². The minimum Gasteiger partial charge on any atom is -0.493 e. The molecular formula is C19H28N2O7. The summed E-state index contributed by atoms with van der Waals surface area (Å²) >= 11 is 0. The molecule has 0 aliphatic rings. The maximum Gasteiger partial charge on any atom is 0.325 e. The smallest absolute Gasteiger partial charge is 0.325 e. The van der Waals surface area contributed by atoms with Crippen molar-refractivity contribution in [2.75, 3.05) is 41.0 Å². The van der Waals surface area contributed by atoms with Crippen LogP contribution in [0.5, 0.6) is 17.2 Å². The second-order valence-electron chi connectivity index (χ2n) is 6.29. The summed E-state index contributed by atoms with van der Waals surface area (Å²) in [7, 11) is 4.32. The Balaban J connectivity index is 2.53. The molecule has 0 spiro atoms. The van der Waals surface area contributed by atoms with Gasteiger partial charge >= 0.3 is 5.97 Å². The first-order chi connectivity index (χ1) is 13.3. The number of methoxy groups -OCH3 is 3. The van der Waals surface area contributed by atoms with Gasteiger partial charge in [0.1, 0.15) is 6.54 Å². The lowest BCUT2D eigenvalue weighted by Crippen LogP contribution is -2.34. The molecule has 28 heavy (non-hydrogen) atoms. The van der Waals surface area contributed by atoms with Gasteiger partial charge in [-0.3, -0.25) is 14.4 Å². The maximum absolute atomic E-state index is 12.3. The van der Waals surface area contributed by atoms with Gasteiger partial charge in [0.05, 0.1) is 21.3 Å². The molecule has 0 aliphatic carbocycles. The van der Waals surface area contributed by atoms with Crippen LogP contribution in [0.1, 0.15) is 30.6 Å². The van der Waals surface area contributed by atoms with E-state index in [-0.39, 0.29) is 18.0 Å². The summed E-state index contributed by atoms with van der Waals surface area (Å²) in [4.78, 5) is 35.6. The predicted molar refractivity (Wildman–Crippen MR) is 102 cm³/mol. The normalized spacial score (nSPS) is 10.2. The van der Waals surface area contributed by atoms with E-state index >= 15 is 0 Å². The molecule has 1 aromatic rings. The Morgan fingerprint density at radius 1 is 0.964 bits per heavy atom. The number of amides is 2. The summed E-state index contributed by atoms with van der Waals surface area (Å²) in [6.45, 7) is 3.84. The Morgan fingerprint density at radius 3 is 2.07 bits per heavy atom. The van der Waals surface area contributed by atoms with Crippen molar-refractivity contribution in [3.63, 3.8) is 0 Å². The highest BCUT2D eigenvalue weighted by Crippen LogP contribution is 2.38. The Kier molecular flexibility index (Phi) is 9.63. The van der Waals surface area contributed by atoms with Crippen LogP contribution in [0.15, 0.2) is 12.1 Å². The van der Waals surface area contributed by atoms with Crippen molar-refractivity contribution in [2.24, 2.45) is 5.92 Å². The van der Waals surface area contributed by atoms with Gasteiger partial charge in [0.15, 0.2) is 18.1 Å². The lowest BCUT2D eigenvalue weighted by molar-refractivity contribution is -0.147. The minimum absolute atomic E-state index is 0.216. The van der Waals surface area contributed by atoms with Gasteiger partial charge < -0.3 is 29.6 Å². The van der Waals surface area contributed by atoms with E-state index in [2.05, 4.69) is 10.6 Å². The largest absolute Gasteiger partial charge is 0.493 e. The van der Waals surface area contributed by atoms with Gasteiger partial charge in [-0.2, -0.15) is 0 Å². The molecule has 9 nitrogen and oxygen atoms in total. The van der Waals surface area contributed by atoms with E-state index in [1.54, 1.807) is 0 Å². The predicted octanol–water partition coefficient (Wildman–Crippen LogP) is 1.15. The monoisotopic (exact) mass is 396 g/mol. The summed E-state index contributed by atoms with van der Waals surface area (Å²) in [6, 6.07) is 2.92. The van der Waals surface area contributed by atoms with Crippen molar-refractivity contribution >= 4 is 17.8 Å². The van der Waals surface area contributed by atoms with Gasteiger partial charge in [0.2, 0.25) is 5.75 Å². The van der Waals surface area contributed by atoms with E-state index in [0.717, 1.165) is 6.42 Å². The van der Waals surface area contributed by atoms with Crippen LogP contribution in [-0.4, -0.2) is 58.8 Å². The van der Waals surface area contributed by atoms with Gasteiger partial charge in [-0.25, -0.2) is 0 Å². The third kappa shape index (κ3) is 7.34. The number of hydrogen-bond acceptors (Lipinski definition) is 7. The van der Waals surface area contributed by atoms with Crippen molar-refractivity contribution in [1.82, 2.24) is 10.6 Å². The van der Waals surface area contributed by atoms with E-state index in [1.165, 1.54) is 33.5 Å². The molecule has 0 saturated carbocycles. The van der Waals surface area contributed by atoms with Crippen molar-refractivity contribution in [1.29, 1.82) is 0 Å².